The summed E-state index contributed by atoms with van der Waals surface area (Å²) < 4.78 is 10.4. The van der Waals surface area contributed by atoms with E-state index >= 15 is 0 Å². The number of nitrogens with zero attached hydrogens (tertiary/aromatic N) is 2. The number of benzene rings is 2. The second kappa shape index (κ2) is 8.06. The number of ether oxygens (including phenoxy) is 2. The van der Waals surface area contributed by atoms with Crippen molar-refractivity contribution in [1.29, 1.82) is 0 Å². The van der Waals surface area contributed by atoms with Crippen molar-refractivity contribution in [3.63, 3.8) is 0 Å². The lowest BCUT2D eigenvalue weighted by molar-refractivity contribution is 0.414. The van der Waals surface area contributed by atoms with Crippen molar-refractivity contribution in [1.82, 2.24) is 9.97 Å². The second-order valence-corrected chi connectivity index (χ2v) is 5.54. The summed E-state index contributed by atoms with van der Waals surface area (Å²) in [6, 6.07) is 15.3. The zero-order valence-electron chi connectivity index (χ0n) is 14.7. The van der Waals surface area contributed by atoms with E-state index in [1.807, 2.05) is 48.5 Å². The number of aromatic nitrogens is 2. The fourth-order valence-corrected chi connectivity index (χ4v) is 2.40. The minimum Gasteiger partial charge on any atom is -0.497 e. The van der Waals surface area contributed by atoms with Gasteiger partial charge in [-0.25, -0.2) is 9.97 Å². The largest absolute Gasteiger partial charge is 0.497 e. The Kier molecular flexibility index (Phi) is 5.38. The number of methoxy groups -OCH3 is 2. The molecule has 7 heteroatoms. The molecule has 0 bridgehead atoms. The molecule has 0 aliphatic heterocycles. The summed E-state index contributed by atoms with van der Waals surface area (Å²) in [5, 5.41) is 6.42. The average molecular weight is 351 g/mol. The van der Waals surface area contributed by atoms with Gasteiger partial charge in [0, 0.05) is 18.3 Å². The highest BCUT2D eigenvalue weighted by atomic mass is 16.5. The van der Waals surface area contributed by atoms with Gasteiger partial charge in [0.25, 0.3) is 0 Å². The zero-order chi connectivity index (χ0) is 18.4. The van der Waals surface area contributed by atoms with E-state index in [-0.39, 0.29) is 0 Å². The molecule has 0 unspecified atom stereocenters. The summed E-state index contributed by atoms with van der Waals surface area (Å²) >= 11 is 0. The SMILES string of the molecule is COc1ccc(CNc2ncnc(Nc3cccc(OC)c3)c2N)cc1. The Bertz CT molecular complexity index is 868. The van der Waals surface area contributed by atoms with E-state index in [2.05, 4.69) is 20.6 Å². The molecule has 0 spiro atoms. The molecule has 4 N–H and O–H groups in total. The highest BCUT2D eigenvalue weighted by Crippen LogP contribution is 2.27. The Labute approximate surface area is 152 Å². The third kappa shape index (κ3) is 4.13. The Morgan fingerprint density at radius 1 is 0.923 bits per heavy atom. The Balaban J connectivity index is 1.71. The van der Waals surface area contributed by atoms with Crippen LogP contribution in [0, 0.1) is 0 Å². The first-order valence-corrected chi connectivity index (χ1v) is 8.08. The third-order valence-corrected chi connectivity index (χ3v) is 3.84. The van der Waals surface area contributed by atoms with Gasteiger partial charge in [0.15, 0.2) is 11.6 Å². The monoisotopic (exact) mass is 351 g/mol. The van der Waals surface area contributed by atoms with Crippen molar-refractivity contribution < 1.29 is 9.47 Å². The van der Waals surface area contributed by atoms with Gasteiger partial charge in [0.05, 0.1) is 14.2 Å². The van der Waals surface area contributed by atoms with Gasteiger partial charge in [-0.1, -0.05) is 18.2 Å². The van der Waals surface area contributed by atoms with Gasteiger partial charge in [-0.05, 0) is 29.8 Å². The zero-order valence-corrected chi connectivity index (χ0v) is 14.7. The number of nitrogen functional groups attached to an aromatic ring is 1. The summed E-state index contributed by atoms with van der Waals surface area (Å²) in [5.41, 5.74) is 8.58. The van der Waals surface area contributed by atoms with Crippen molar-refractivity contribution in [2.24, 2.45) is 0 Å². The number of hydrogen-bond donors (Lipinski definition) is 3. The molecule has 0 aliphatic carbocycles. The van der Waals surface area contributed by atoms with E-state index in [4.69, 9.17) is 15.2 Å². The van der Waals surface area contributed by atoms with E-state index in [9.17, 15) is 0 Å². The maximum absolute atomic E-state index is 6.21. The Morgan fingerprint density at radius 3 is 2.38 bits per heavy atom. The molecule has 0 atom stereocenters. The number of nitrogens with one attached hydrogen (secondary N) is 2. The van der Waals surface area contributed by atoms with Gasteiger partial charge < -0.3 is 25.8 Å². The van der Waals surface area contributed by atoms with Crippen LogP contribution < -0.4 is 25.8 Å². The third-order valence-electron chi connectivity index (χ3n) is 3.84. The van der Waals surface area contributed by atoms with Gasteiger partial charge in [0.2, 0.25) is 0 Å². The Morgan fingerprint density at radius 2 is 1.65 bits per heavy atom. The highest BCUT2D eigenvalue weighted by Gasteiger charge is 2.09. The van der Waals surface area contributed by atoms with Crippen molar-refractivity contribution >= 4 is 23.0 Å². The van der Waals surface area contributed by atoms with Crippen LogP contribution in [-0.2, 0) is 6.54 Å². The van der Waals surface area contributed by atoms with E-state index in [1.54, 1.807) is 14.2 Å². The van der Waals surface area contributed by atoms with Crippen LogP contribution in [-0.4, -0.2) is 24.2 Å². The molecule has 1 heterocycles. The highest BCUT2D eigenvalue weighted by molar-refractivity contribution is 5.77. The molecule has 134 valence electrons. The quantitative estimate of drug-likeness (QED) is 0.600. The van der Waals surface area contributed by atoms with Crippen LogP contribution in [0.2, 0.25) is 0 Å². The topological polar surface area (TPSA) is 94.3 Å². The van der Waals surface area contributed by atoms with E-state index < -0.39 is 0 Å². The van der Waals surface area contributed by atoms with Gasteiger partial charge in [0.1, 0.15) is 23.5 Å². The minimum absolute atomic E-state index is 0.448. The van der Waals surface area contributed by atoms with Crippen LogP contribution in [0.1, 0.15) is 5.56 Å². The molecule has 2 aromatic carbocycles. The first-order chi connectivity index (χ1) is 12.7. The van der Waals surface area contributed by atoms with E-state index in [1.165, 1.54) is 6.33 Å². The lowest BCUT2D eigenvalue weighted by Crippen LogP contribution is -2.08. The molecule has 3 rings (SSSR count). The maximum atomic E-state index is 6.21. The summed E-state index contributed by atoms with van der Waals surface area (Å²) in [6.45, 7) is 0.587. The normalized spacial score (nSPS) is 10.2. The first kappa shape index (κ1) is 17.3. The Hall–Kier alpha value is -3.48. The van der Waals surface area contributed by atoms with Gasteiger partial charge in [-0.15, -0.1) is 0 Å². The van der Waals surface area contributed by atoms with Crippen molar-refractivity contribution in [2.45, 2.75) is 6.54 Å². The summed E-state index contributed by atoms with van der Waals surface area (Å²) in [6.07, 6.45) is 1.47. The molecule has 0 saturated carbocycles. The molecule has 7 nitrogen and oxygen atoms in total. The molecular formula is C19H21N5O2. The predicted octanol–water partition coefficient (Wildman–Crippen LogP) is 3.43. The molecule has 0 saturated heterocycles. The van der Waals surface area contributed by atoms with Crippen LogP contribution >= 0.6 is 0 Å². The van der Waals surface area contributed by atoms with Crippen molar-refractivity contribution in [3.05, 3.63) is 60.4 Å². The molecule has 0 fully saturated rings. The fourth-order valence-electron chi connectivity index (χ4n) is 2.40. The summed E-state index contributed by atoms with van der Waals surface area (Å²) in [4.78, 5) is 8.45. The number of nitrogens with two attached hydrogens (primary N) is 1. The van der Waals surface area contributed by atoms with Crippen LogP contribution in [0.3, 0.4) is 0 Å². The predicted molar refractivity (Wildman–Crippen MR) is 103 cm³/mol. The molecule has 0 amide bonds. The van der Waals surface area contributed by atoms with Crippen LogP contribution in [0.25, 0.3) is 0 Å². The summed E-state index contributed by atoms with van der Waals surface area (Å²) in [7, 11) is 3.27. The fraction of sp³-hybridized carbons (Fsp3) is 0.158. The molecule has 3 aromatic rings. The van der Waals surface area contributed by atoms with E-state index in [0.29, 0.717) is 23.9 Å². The van der Waals surface area contributed by atoms with Crippen molar-refractivity contribution in [3.8, 4) is 11.5 Å². The number of anilines is 4. The van der Waals surface area contributed by atoms with Crippen molar-refractivity contribution in [2.75, 3.05) is 30.6 Å². The van der Waals surface area contributed by atoms with Gasteiger partial charge in [-0.2, -0.15) is 0 Å². The van der Waals surface area contributed by atoms with Crippen LogP contribution in [0.15, 0.2) is 54.9 Å². The van der Waals surface area contributed by atoms with Crippen LogP contribution in [0.5, 0.6) is 11.5 Å². The lowest BCUT2D eigenvalue weighted by Gasteiger charge is -2.13. The minimum atomic E-state index is 0.448. The second-order valence-electron chi connectivity index (χ2n) is 5.54. The smallest absolute Gasteiger partial charge is 0.159 e. The van der Waals surface area contributed by atoms with Crippen LogP contribution in [0.4, 0.5) is 23.0 Å². The maximum Gasteiger partial charge on any atom is 0.159 e. The molecule has 0 radical (unpaired) electrons. The first-order valence-electron chi connectivity index (χ1n) is 8.08. The molecule has 0 aliphatic rings. The lowest BCUT2D eigenvalue weighted by atomic mass is 10.2. The standard InChI is InChI=1S/C19H21N5O2/c1-25-15-8-6-13(7-9-15)11-21-18-17(20)19(23-12-22-18)24-14-4-3-5-16(10-14)26-2/h3-10,12H,11,20H2,1-2H3,(H2,21,22,23,24). The average Bonchev–Trinajstić information content (AvgIpc) is 2.69. The van der Waals surface area contributed by atoms with Gasteiger partial charge >= 0.3 is 0 Å². The number of rotatable bonds is 7. The molecule has 1 aromatic heterocycles. The summed E-state index contributed by atoms with van der Waals surface area (Å²) in [5.74, 6) is 2.67. The molecular weight excluding hydrogens is 330 g/mol. The van der Waals surface area contributed by atoms with Gasteiger partial charge in [-0.3, -0.25) is 0 Å². The molecule has 26 heavy (non-hydrogen) atoms. The van der Waals surface area contributed by atoms with E-state index in [0.717, 1.165) is 22.7 Å². The number of hydrogen-bond acceptors (Lipinski definition) is 7.